The second-order valence-electron chi connectivity index (χ2n) is 6.67. The van der Waals surface area contributed by atoms with Crippen molar-refractivity contribution in [3.63, 3.8) is 0 Å². The number of carbonyl (C=O) groups excluding carboxylic acids is 1. The lowest BCUT2D eigenvalue weighted by Gasteiger charge is -2.47. The summed E-state index contributed by atoms with van der Waals surface area (Å²) in [5.74, 6) is 0.828. The van der Waals surface area contributed by atoms with Crippen molar-refractivity contribution >= 4 is 24.1 Å². The first-order chi connectivity index (χ1) is 11.9. The second kappa shape index (κ2) is 8.43. The number of likely N-dealkylation sites (tertiary alicyclic amines) is 1. The molecule has 1 N–H and O–H groups in total. The monoisotopic (exact) mass is 392 g/mol. The summed E-state index contributed by atoms with van der Waals surface area (Å²) in [6, 6.07) is 4.20. The minimum atomic E-state index is -4.43. The molecule has 0 unspecified atom stereocenters. The van der Waals surface area contributed by atoms with Crippen LogP contribution in [0.25, 0.3) is 0 Å². The molecule has 9 heteroatoms. The molecule has 0 bridgehead atoms. The molecule has 0 aliphatic carbocycles. The number of amides is 1. The Morgan fingerprint density at radius 3 is 2.77 bits per heavy atom. The molecule has 2 atom stereocenters. The maximum Gasteiger partial charge on any atom is 0.433 e. The smallest absolute Gasteiger partial charge is 0.356 e. The lowest BCUT2D eigenvalue weighted by molar-refractivity contribution is -0.141. The SMILES string of the molecule is CNCCN1C(=O)CC[C@H]2CN(c3cccc(C(F)(F)F)n3)CC[C@H]21.Cl. The number of likely N-dealkylation sites (N-methyl/N-ethyl adjacent to an activating group) is 1. The summed E-state index contributed by atoms with van der Waals surface area (Å²) in [4.78, 5) is 19.9. The number of anilines is 1. The van der Waals surface area contributed by atoms with Crippen LogP contribution in [0.3, 0.4) is 0 Å². The zero-order valence-corrected chi connectivity index (χ0v) is 15.4. The third-order valence-electron chi connectivity index (χ3n) is 5.10. The molecule has 5 nitrogen and oxygen atoms in total. The Morgan fingerprint density at radius 2 is 2.08 bits per heavy atom. The van der Waals surface area contributed by atoms with E-state index in [2.05, 4.69) is 10.3 Å². The lowest BCUT2D eigenvalue weighted by atomic mass is 9.83. The van der Waals surface area contributed by atoms with Gasteiger partial charge < -0.3 is 15.1 Å². The number of alkyl halides is 3. The van der Waals surface area contributed by atoms with Gasteiger partial charge in [-0.05, 0) is 37.9 Å². The number of nitrogens with one attached hydrogen (secondary N) is 1. The minimum Gasteiger partial charge on any atom is -0.356 e. The standard InChI is InChI=1S/C17H23F3N4O.ClH/c1-21-8-10-24-13-7-9-23(11-12(13)5-6-16(24)25)15-4-2-3-14(22-15)17(18,19)20;/h2-4,12-13,21H,5-11H2,1H3;1H/t12-,13+;/m0./s1. The molecule has 2 saturated heterocycles. The number of fused-ring (bicyclic) bond motifs is 1. The number of piperidine rings is 2. The van der Waals surface area contributed by atoms with Crippen molar-refractivity contribution in [1.29, 1.82) is 0 Å². The van der Waals surface area contributed by atoms with Crippen LogP contribution >= 0.6 is 12.4 Å². The number of hydrogen-bond donors (Lipinski definition) is 1. The van der Waals surface area contributed by atoms with Crippen LogP contribution in [0.2, 0.25) is 0 Å². The second-order valence-corrected chi connectivity index (χ2v) is 6.67. The van der Waals surface area contributed by atoms with E-state index < -0.39 is 11.9 Å². The molecular weight excluding hydrogens is 369 g/mol. The van der Waals surface area contributed by atoms with Crippen LogP contribution in [-0.2, 0) is 11.0 Å². The first kappa shape index (κ1) is 20.8. The van der Waals surface area contributed by atoms with Crippen LogP contribution in [0.15, 0.2) is 18.2 Å². The van der Waals surface area contributed by atoms with Crippen molar-refractivity contribution in [3.05, 3.63) is 23.9 Å². The van der Waals surface area contributed by atoms with Crippen LogP contribution in [0.1, 0.15) is 25.0 Å². The van der Waals surface area contributed by atoms with Gasteiger partial charge in [-0.1, -0.05) is 6.07 Å². The molecule has 0 radical (unpaired) electrons. The molecule has 3 heterocycles. The molecule has 2 aliphatic rings. The Labute approximate surface area is 157 Å². The highest BCUT2D eigenvalue weighted by molar-refractivity contribution is 5.85. The molecule has 0 spiro atoms. The first-order valence-corrected chi connectivity index (χ1v) is 8.63. The van der Waals surface area contributed by atoms with Crippen molar-refractivity contribution < 1.29 is 18.0 Å². The van der Waals surface area contributed by atoms with Gasteiger partial charge in [0.25, 0.3) is 0 Å². The Hall–Kier alpha value is -1.54. The van der Waals surface area contributed by atoms with Crippen molar-refractivity contribution in [2.75, 3.05) is 38.1 Å². The highest BCUT2D eigenvalue weighted by Crippen LogP contribution is 2.34. The highest BCUT2D eigenvalue weighted by Gasteiger charge is 2.39. The van der Waals surface area contributed by atoms with E-state index >= 15 is 0 Å². The van der Waals surface area contributed by atoms with E-state index in [1.54, 1.807) is 6.07 Å². The number of rotatable bonds is 4. The van der Waals surface area contributed by atoms with Gasteiger partial charge in [0.2, 0.25) is 5.91 Å². The van der Waals surface area contributed by atoms with Gasteiger partial charge in [0.1, 0.15) is 11.5 Å². The van der Waals surface area contributed by atoms with Crippen LogP contribution in [0.5, 0.6) is 0 Å². The lowest BCUT2D eigenvalue weighted by Crippen LogP contribution is -2.57. The number of hydrogen-bond acceptors (Lipinski definition) is 4. The van der Waals surface area contributed by atoms with Crippen LogP contribution in [-0.4, -0.2) is 55.1 Å². The molecule has 0 saturated carbocycles. The van der Waals surface area contributed by atoms with Gasteiger partial charge in [-0.2, -0.15) is 13.2 Å². The normalized spacial score (nSPS) is 23.5. The van der Waals surface area contributed by atoms with Gasteiger partial charge in [0.05, 0.1) is 0 Å². The van der Waals surface area contributed by atoms with E-state index in [4.69, 9.17) is 0 Å². The topological polar surface area (TPSA) is 48.5 Å². The number of nitrogens with zero attached hydrogens (tertiary/aromatic N) is 3. The number of pyridine rings is 1. The van der Waals surface area contributed by atoms with Gasteiger partial charge >= 0.3 is 6.18 Å². The first-order valence-electron chi connectivity index (χ1n) is 8.63. The molecule has 1 aromatic rings. The van der Waals surface area contributed by atoms with Gasteiger partial charge in [0.15, 0.2) is 0 Å². The Bertz CT molecular complexity index is 628. The fraction of sp³-hybridized carbons (Fsp3) is 0.647. The fourth-order valence-corrected chi connectivity index (χ4v) is 3.84. The molecule has 1 amide bonds. The van der Waals surface area contributed by atoms with Crippen LogP contribution in [0.4, 0.5) is 19.0 Å². The Balaban J connectivity index is 0.00000243. The van der Waals surface area contributed by atoms with Crippen molar-refractivity contribution in [2.24, 2.45) is 5.92 Å². The third-order valence-corrected chi connectivity index (χ3v) is 5.10. The van der Waals surface area contributed by atoms with Crippen molar-refractivity contribution in [2.45, 2.75) is 31.5 Å². The average Bonchev–Trinajstić information content (AvgIpc) is 2.60. The van der Waals surface area contributed by atoms with Crippen LogP contribution in [0, 0.1) is 5.92 Å². The Morgan fingerprint density at radius 1 is 1.31 bits per heavy atom. The summed E-state index contributed by atoms with van der Waals surface area (Å²) in [6.45, 7) is 2.67. The summed E-state index contributed by atoms with van der Waals surface area (Å²) in [6.07, 6.45) is -2.38. The summed E-state index contributed by atoms with van der Waals surface area (Å²) < 4.78 is 38.7. The third kappa shape index (κ3) is 4.40. The Kier molecular flexibility index (Phi) is 6.74. The number of halogens is 4. The zero-order chi connectivity index (χ0) is 18.0. The fourth-order valence-electron chi connectivity index (χ4n) is 3.84. The molecule has 0 aromatic carbocycles. The van der Waals surface area contributed by atoms with E-state index in [0.717, 1.165) is 25.5 Å². The van der Waals surface area contributed by atoms with Gasteiger partial charge in [-0.15, -0.1) is 12.4 Å². The molecule has 146 valence electrons. The predicted molar refractivity (Wildman–Crippen MR) is 95.5 cm³/mol. The summed E-state index contributed by atoms with van der Waals surface area (Å²) in [5, 5.41) is 3.07. The highest BCUT2D eigenvalue weighted by atomic mass is 35.5. The van der Waals surface area contributed by atoms with Gasteiger partial charge in [-0.3, -0.25) is 4.79 Å². The van der Waals surface area contributed by atoms with Crippen LogP contribution < -0.4 is 10.2 Å². The molecule has 3 rings (SSSR count). The molecule has 26 heavy (non-hydrogen) atoms. The molecular formula is C17H24ClF3N4O. The minimum absolute atomic E-state index is 0. The number of aromatic nitrogens is 1. The van der Waals surface area contributed by atoms with Gasteiger partial charge in [0, 0.05) is 38.6 Å². The molecule has 1 aromatic heterocycles. The van der Waals surface area contributed by atoms with E-state index in [1.807, 2.05) is 16.8 Å². The summed E-state index contributed by atoms with van der Waals surface area (Å²) in [5.41, 5.74) is -0.860. The summed E-state index contributed by atoms with van der Waals surface area (Å²) in [7, 11) is 1.85. The maximum absolute atomic E-state index is 12.9. The van der Waals surface area contributed by atoms with Crippen molar-refractivity contribution in [1.82, 2.24) is 15.2 Å². The van der Waals surface area contributed by atoms with E-state index in [0.29, 0.717) is 31.9 Å². The molecule has 2 aliphatic heterocycles. The largest absolute Gasteiger partial charge is 0.433 e. The summed E-state index contributed by atoms with van der Waals surface area (Å²) >= 11 is 0. The quantitative estimate of drug-likeness (QED) is 0.855. The molecule has 2 fully saturated rings. The zero-order valence-electron chi connectivity index (χ0n) is 14.6. The van der Waals surface area contributed by atoms with Crippen molar-refractivity contribution in [3.8, 4) is 0 Å². The maximum atomic E-state index is 12.9. The van der Waals surface area contributed by atoms with Gasteiger partial charge in [-0.25, -0.2) is 4.98 Å². The van der Waals surface area contributed by atoms with E-state index in [1.165, 1.54) is 6.07 Å². The predicted octanol–water partition coefficient (Wildman–Crippen LogP) is 2.56. The average molecular weight is 393 g/mol. The number of carbonyl (C=O) groups is 1. The van der Waals surface area contributed by atoms with E-state index in [-0.39, 0.29) is 30.3 Å². The van der Waals surface area contributed by atoms with E-state index in [9.17, 15) is 18.0 Å².